The van der Waals surface area contributed by atoms with Crippen LogP contribution in [0, 0.1) is 6.92 Å². The van der Waals surface area contributed by atoms with Crippen LogP contribution in [0.2, 0.25) is 5.02 Å². The maximum atomic E-state index is 12.9. The summed E-state index contributed by atoms with van der Waals surface area (Å²) in [6.45, 7) is 7.19. The molecule has 2 N–H and O–H groups in total. The van der Waals surface area contributed by atoms with Gasteiger partial charge in [0.15, 0.2) is 0 Å². The minimum absolute atomic E-state index is 0.246. The highest BCUT2D eigenvalue weighted by Gasteiger charge is 2.24. The molecule has 2 aromatic carbocycles. The molecule has 0 aliphatic rings. The molecule has 0 aliphatic heterocycles. The zero-order valence-corrected chi connectivity index (χ0v) is 20.2. The van der Waals surface area contributed by atoms with Gasteiger partial charge in [0.2, 0.25) is 17.7 Å². The molecule has 0 aliphatic carbocycles. The SMILES string of the molecule is Cc1ccc(NC(=O)CS(=O)CC(=O)N(CC(=O)NC(C)(C)C)c2ccc(Cl)cc2)cc1. The summed E-state index contributed by atoms with van der Waals surface area (Å²) >= 11 is 5.93. The van der Waals surface area contributed by atoms with Crippen LogP contribution < -0.4 is 15.5 Å². The van der Waals surface area contributed by atoms with Crippen LogP contribution in [0.5, 0.6) is 0 Å². The van der Waals surface area contributed by atoms with Crippen molar-refractivity contribution < 1.29 is 18.6 Å². The Morgan fingerprint density at radius 1 is 0.938 bits per heavy atom. The van der Waals surface area contributed by atoms with Crippen LogP contribution in [0.3, 0.4) is 0 Å². The number of hydrogen-bond acceptors (Lipinski definition) is 4. The van der Waals surface area contributed by atoms with Gasteiger partial charge < -0.3 is 15.5 Å². The fraction of sp³-hybridized carbons (Fsp3) is 0.348. The lowest BCUT2D eigenvalue weighted by Crippen LogP contribution is -2.48. The molecular formula is C23H28ClN3O4S. The van der Waals surface area contributed by atoms with Crippen LogP contribution in [0.15, 0.2) is 48.5 Å². The molecule has 1 atom stereocenters. The van der Waals surface area contributed by atoms with Gasteiger partial charge in [-0.25, -0.2) is 0 Å². The zero-order chi connectivity index (χ0) is 23.9. The van der Waals surface area contributed by atoms with E-state index in [1.54, 1.807) is 36.4 Å². The topological polar surface area (TPSA) is 95.6 Å². The highest BCUT2D eigenvalue weighted by atomic mass is 35.5. The Bertz CT molecular complexity index is 986. The molecule has 7 nitrogen and oxygen atoms in total. The van der Waals surface area contributed by atoms with Crippen molar-refractivity contribution in [2.24, 2.45) is 0 Å². The fourth-order valence-corrected chi connectivity index (χ4v) is 3.82. The summed E-state index contributed by atoms with van der Waals surface area (Å²) in [5.41, 5.74) is 1.62. The van der Waals surface area contributed by atoms with Crippen LogP contribution in [0.25, 0.3) is 0 Å². The van der Waals surface area contributed by atoms with Gasteiger partial charge in [0.1, 0.15) is 18.1 Å². The Morgan fingerprint density at radius 3 is 2.09 bits per heavy atom. The smallest absolute Gasteiger partial charge is 0.240 e. The molecule has 32 heavy (non-hydrogen) atoms. The number of nitrogens with one attached hydrogen (secondary N) is 2. The summed E-state index contributed by atoms with van der Waals surface area (Å²) in [6, 6.07) is 13.6. The number of anilines is 2. The van der Waals surface area contributed by atoms with Crippen molar-refractivity contribution >= 4 is 51.5 Å². The van der Waals surface area contributed by atoms with Crippen molar-refractivity contribution in [2.75, 3.05) is 28.3 Å². The van der Waals surface area contributed by atoms with Crippen LogP contribution in [0.1, 0.15) is 26.3 Å². The molecule has 172 valence electrons. The van der Waals surface area contributed by atoms with Crippen molar-refractivity contribution in [3.05, 3.63) is 59.1 Å². The number of carbonyl (C=O) groups is 3. The number of aryl methyl sites for hydroxylation is 1. The number of carbonyl (C=O) groups excluding carboxylic acids is 3. The average molecular weight is 478 g/mol. The fourth-order valence-electron chi connectivity index (χ4n) is 2.79. The molecule has 0 saturated heterocycles. The monoisotopic (exact) mass is 477 g/mol. The summed E-state index contributed by atoms with van der Waals surface area (Å²) in [5.74, 6) is -2.07. The molecule has 0 radical (unpaired) electrons. The van der Waals surface area contributed by atoms with E-state index in [0.717, 1.165) is 5.56 Å². The first-order valence-electron chi connectivity index (χ1n) is 10.0. The summed E-state index contributed by atoms with van der Waals surface area (Å²) in [6.07, 6.45) is 0. The van der Waals surface area contributed by atoms with E-state index in [0.29, 0.717) is 16.4 Å². The van der Waals surface area contributed by atoms with Gasteiger partial charge in [0, 0.05) is 32.7 Å². The third kappa shape index (κ3) is 8.80. The molecule has 0 spiro atoms. The first-order valence-corrected chi connectivity index (χ1v) is 11.9. The Morgan fingerprint density at radius 2 is 1.53 bits per heavy atom. The van der Waals surface area contributed by atoms with E-state index in [4.69, 9.17) is 11.6 Å². The van der Waals surface area contributed by atoms with Gasteiger partial charge in [-0.1, -0.05) is 29.3 Å². The van der Waals surface area contributed by atoms with Gasteiger partial charge in [-0.2, -0.15) is 0 Å². The predicted octanol–water partition coefficient (Wildman–Crippen LogP) is 3.28. The van der Waals surface area contributed by atoms with Gasteiger partial charge in [0.05, 0.1) is 0 Å². The summed E-state index contributed by atoms with van der Waals surface area (Å²) < 4.78 is 12.5. The molecule has 0 heterocycles. The largest absolute Gasteiger partial charge is 0.350 e. The van der Waals surface area contributed by atoms with E-state index < -0.39 is 33.9 Å². The molecule has 9 heteroatoms. The molecular weight excluding hydrogens is 450 g/mol. The molecule has 0 bridgehead atoms. The lowest BCUT2D eigenvalue weighted by Gasteiger charge is -2.26. The summed E-state index contributed by atoms with van der Waals surface area (Å²) in [5, 5.41) is 5.95. The second kappa shape index (κ2) is 11.2. The maximum absolute atomic E-state index is 12.9. The Labute approximate surface area is 196 Å². The first-order chi connectivity index (χ1) is 14.9. The summed E-state index contributed by atoms with van der Waals surface area (Å²) in [7, 11) is -1.75. The minimum atomic E-state index is -1.75. The Kier molecular flexibility index (Phi) is 8.98. The number of nitrogens with zero attached hydrogens (tertiary/aromatic N) is 1. The van der Waals surface area contributed by atoms with Crippen LogP contribution in [-0.2, 0) is 25.2 Å². The lowest BCUT2D eigenvalue weighted by atomic mass is 10.1. The highest BCUT2D eigenvalue weighted by Crippen LogP contribution is 2.19. The quantitative estimate of drug-likeness (QED) is 0.609. The predicted molar refractivity (Wildman–Crippen MR) is 129 cm³/mol. The van der Waals surface area contributed by atoms with Crippen molar-refractivity contribution in [3.63, 3.8) is 0 Å². The van der Waals surface area contributed by atoms with Crippen LogP contribution in [0.4, 0.5) is 11.4 Å². The standard InChI is InChI=1S/C23H28ClN3O4S/c1-16-5-9-18(10-6-16)25-21(29)14-32(31)15-22(30)27(13-20(28)26-23(2,3)4)19-11-7-17(24)8-12-19/h5-12H,13-15H2,1-4H3,(H,25,29)(H,26,28). The second-order valence-electron chi connectivity index (χ2n) is 8.40. The minimum Gasteiger partial charge on any atom is -0.350 e. The zero-order valence-electron chi connectivity index (χ0n) is 18.6. The van der Waals surface area contributed by atoms with Gasteiger partial charge in [-0.05, 0) is 64.1 Å². The van der Waals surface area contributed by atoms with E-state index in [9.17, 15) is 18.6 Å². The Balaban J connectivity index is 2.04. The third-order valence-electron chi connectivity index (χ3n) is 4.17. The van der Waals surface area contributed by atoms with Gasteiger partial charge in [-0.3, -0.25) is 18.6 Å². The molecule has 2 rings (SSSR count). The number of rotatable bonds is 8. The first kappa shape index (κ1) is 25.5. The Hall–Kier alpha value is -2.71. The third-order valence-corrected chi connectivity index (χ3v) is 5.57. The van der Waals surface area contributed by atoms with E-state index in [1.165, 1.54) is 4.90 Å². The molecule has 2 aromatic rings. The van der Waals surface area contributed by atoms with Crippen molar-refractivity contribution in [1.29, 1.82) is 0 Å². The molecule has 0 fully saturated rings. The highest BCUT2D eigenvalue weighted by molar-refractivity contribution is 7.86. The maximum Gasteiger partial charge on any atom is 0.240 e. The van der Waals surface area contributed by atoms with E-state index in [1.807, 2.05) is 39.8 Å². The van der Waals surface area contributed by atoms with Crippen molar-refractivity contribution in [1.82, 2.24) is 5.32 Å². The summed E-state index contributed by atoms with van der Waals surface area (Å²) in [4.78, 5) is 38.8. The van der Waals surface area contributed by atoms with Gasteiger partial charge >= 0.3 is 0 Å². The van der Waals surface area contributed by atoms with Gasteiger partial charge in [0.25, 0.3) is 0 Å². The number of halogens is 1. The van der Waals surface area contributed by atoms with Gasteiger partial charge in [-0.15, -0.1) is 0 Å². The molecule has 0 aromatic heterocycles. The number of hydrogen-bond donors (Lipinski definition) is 2. The van der Waals surface area contributed by atoms with Crippen molar-refractivity contribution in [3.8, 4) is 0 Å². The van der Waals surface area contributed by atoms with E-state index in [-0.39, 0.29) is 18.2 Å². The average Bonchev–Trinajstić information content (AvgIpc) is 2.67. The van der Waals surface area contributed by atoms with E-state index >= 15 is 0 Å². The van der Waals surface area contributed by atoms with Crippen LogP contribution in [-0.4, -0.2) is 45.5 Å². The lowest BCUT2D eigenvalue weighted by molar-refractivity contribution is -0.124. The van der Waals surface area contributed by atoms with Crippen molar-refractivity contribution in [2.45, 2.75) is 33.2 Å². The van der Waals surface area contributed by atoms with E-state index in [2.05, 4.69) is 10.6 Å². The number of amides is 3. The molecule has 1 unspecified atom stereocenters. The normalized spacial score (nSPS) is 12.0. The molecule has 3 amide bonds. The molecule has 0 saturated carbocycles. The van der Waals surface area contributed by atoms with Crippen LogP contribution >= 0.6 is 11.6 Å². The second-order valence-corrected chi connectivity index (χ2v) is 10.3. The number of benzene rings is 2.